The smallest absolute Gasteiger partial charge is 0.254 e. The van der Waals surface area contributed by atoms with Gasteiger partial charge in [-0.3, -0.25) is 9.59 Å². The predicted octanol–water partition coefficient (Wildman–Crippen LogP) is 6.06. The molecule has 3 aromatic rings. The summed E-state index contributed by atoms with van der Waals surface area (Å²) < 4.78 is 5.38. The predicted molar refractivity (Wildman–Crippen MR) is 152 cm³/mol. The Kier molecular flexibility index (Phi) is 8.74. The fourth-order valence-electron chi connectivity index (χ4n) is 4.14. The fraction of sp³-hybridized carbons (Fsp3) is 0.138. The SMILES string of the molecule is COc1ccccc1NC(=O)C1=C(C)NC(SCC(=O)Nc2cccc(Cl)c2)=C(C#N)[C@H]1c1ccccc1. The highest BCUT2D eigenvalue weighted by Crippen LogP contribution is 2.41. The summed E-state index contributed by atoms with van der Waals surface area (Å²) in [5.41, 5.74) is 3.24. The van der Waals surface area contributed by atoms with E-state index in [9.17, 15) is 14.9 Å². The Bertz CT molecular complexity index is 1460. The molecule has 2 amide bonds. The molecule has 0 saturated heterocycles. The van der Waals surface area contributed by atoms with Crippen molar-refractivity contribution in [1.82, 2.24) is 5.32 Å². The van der Waals surface area contributed by atoms with E-state index in [0.29, 0.717) is 44.0 Å². The molecule has 7 nitrogen and oxygen atoms in total. The van der Waals surface area contributed by atoms with E-state index in [1.54, 1.807) is 49.4 Å². The van der Waals surface area contributed by atoms with E-state index in [1.807, 2.05) is 36.4 Å². The average molecular weight is 545 g/mol. The van der Waals surface area contributed by atoms with Gasteiger partial charge in [0.05, 0.1) is 41.1 Å². The van der Waals surface area contributed by atoms with Crippen LogP contribution in [0.4, 0.5) is 11.4 Å². The molecule has 9 heteroatoms. The molecular weight excluding hydrogens is 520 g/mol. The van der Waals surface area contributed by atoms with Crippen molar-refractivity contribution in [3.63, 3.8) is 0 Å². The lowest BCUT2D eigenvalue weighted by atomic mass is 9.82. The third kappa shape index (κ3) is 6.20. The van der Waals surface area contributed by atoms with Crippen LogP contribution in [-0.4, -0.2) is 24.7 Å². The van der Waals surface area contributed by atoms with E-state index >= 15 is 0 Å². The maximum atomic E-state index is 13.6. The molecule has 192 valence electrons. The van der Waals surface area contributed by atoms with Crippen LogP contribution in [0.15, 0.2) is 101 Å². The summed E-state index contributed by atoms with van der Waals surface area (Å²) in [6.45, 7) is 1.79. The second-order valence-electron chi connectivity index (χ2n) is 8.36. The molecule has 0 fully saturated rings. The number of benzene rings is 3. The molecule has 0 saturated carbocycles. The van der Waals surface area contributed by atoms with Crippen LogP contribution in [-0.2, 0) is 9.59 Å². The molecule has 0 radical (unpaired) electrons. The number of allylic oxidation sites excluding steroid dienone is 2. The highest BCUT2D eigenvalue weighted by molar-refractivity contribution is 8.03. The molecule has 3 aromatic carbocycles. The first-order valence-corrected chi connectivity index (χ1v) is 13.1. The number of nitrogens with one attached hydrogen (secondary N) is 3. The van der Waals surface area contributed by atoms with E-state index < -0.39 is 5.92 Å². The van der Waals surface area contributed by atoms with Crippen molar-refractivity contribution in [2.75, 3.05) is 23.5 Å². The Morgan fingerprint density at radius 1 is 1.05 bits per heavy atom. The van der Waals surface area contributed by atoms with Crippen LogP contribution in [0.1, 0.15) is 18.4 Å². The minimum absolute atomic E-state index is 0.0531. The molecule has 0 aromatic heterocycles. The van der Waals surface area contributed by atoms with Crippen LogP contribution in [0.2, 0.25) is 5.02 Å². The average Bonchev–Trinajstić information content (AvgIpc) is 2.92. The summed E-state index contributed by atoms with van der Waals surface area (Å²) in [6, 6.07) is 25.7. The Morgan fingerprint density at radius 2 is 1.79 bits per heavy atom. The number of rotatable bonds is 8. The molecule has 38 heavy (non-hydrogen) atoms. The van der Waals surface area contributed by atoms with Gasteiger partial charge < -0.3 is 20.7 Å². The molecular formula is C29H25ClN4O3S. The minimum atomic E-state index is -0.629. The number of ether oxygens (including phenoxy) is 1. The number of nitrogens with zero attached hydrogens (tertiary/aromatic N) is 1. The number of para-hydroxylation sites is 2. The van der Waals surface area contributed by atoms with Gasteiger partial charge in [0.25, 0.3) is 5.91 Å². The number of nitriles is 1. The van der Waals surface area contributed by atoms with Gasteiger partial charge in [-0.25, -0.2) is 0 Å². The van der Waals surface area contributed by atoms with E-state index in [-0.39, 0.29) is 17.6 Å². The monoisotopic (exact) mass is 544 g/mol. The van der Waals surface area contributed by atoms with Gasteiger partial charge in [0.15, 0.2) is 0 Å². The summed E-state index contributed by atoms with van der Waals surface area (Å²) in [4.78, 5) is 26.3. The lowest BCUT2D eigenvalue weighted by molar-refractivity contribution is -0.114. The first-order chi connectivity index (χ1) is 18.4. The van der Waals surface area contributed by atoms with E-state index in [4.69, 9.17) is 16.3 Å². The molecule has 0 spiro atoms. The standard InChI is InChI=1S/C29H25ClN4O3S/c1-18-26(28(36)34-23-13-6-7-14-24(23)37-2)27(19-9-4-3-5-10-19)22(16-31)29(32-18)38-17-25(35)33-21-12-8-11-20(30)15-21/h3-15,27,32H,17H2,1-2H3,(H,33,35)(H,34,36)/t27-/m1/s1. The van der Waals surface area contributed by atoms with Gasteiger partial charge in [-0.05, 0) is 42.8 Å². The number of carbonyl (C=O) groups excluding carboxylic acids is 2. The van der Waals surface area contributed by atoms with E-state index in [2.05, 4.69) is 22.0 Å². The number of dihydropyridines is 1. The normalized spacial score (nSPS) is 14.8. The molecule has 4 rings (SSSR count). The maximum absolute atomic E-state index is 13.6. The van der Waals surface area contributed by atoms with Gasteiger partial charge in [0.1, 0.15) is 5.75 Å². The van der Waals surface area contributed by atoms with Crippen molar-refractivity contribution in [2.24, 2.45) is 0 Å². The van der Waals surface area contributed by atoms with Gasteiger partial charge in [-0.2, -0.15) is 5.26 Å². The highest BCUT2D eigenvalue weighted by atomic mass is 35.5. The molecule has 1 heterocycles. The first kappa shape index (κ1) is 26.9. The number of halogens is 1. The van der Waals surface area contributed by atoms with E-state index in [0.717, 1.165) is 5.56 Å². The molecule has 0 unspecified atom stereocenters. The highest BCUT2D eigenvalue weighted by Gasteiger charge is 2.35. The number of amides is 2. The zero-order valence-corrected chi connectivity index (χ0v) is 22.3. The van der Waals surface area contributed by atoms with Crippen LogP contribution in [0.25, 0.3) is 0 Å². The van der Waals surface area contributed by atoms with Crippen molar-refractivity contribution in [1.29, 1.82) is 5.26 Å². The van der Waals surface area contributed by atoms with Gasteiger partial charge in [0, 0.05) is 22.0 Å². The lowest BCUT2D eigenvalue weighted by Gasteiger charge is -2.30. The quantitative estimate of drug-likeness (QED) is 0.319. The fourth-order valence-corrected chi connectivity index (χ4v) is 5.23. The van der Waals surface area contributed by atoms with Crippen LogP contribution in [0.3, 0.4) is 0 Å². The Balaban J connectivity index is 1.62. The van der Waals surface area contributed by atoms with Gasteiger partial charge in [-0.1, -0.05) is 71.9 Å². The molecule has 0 bridgehead atoms. The zero-order valence-electron chi connectivity index (χ0n) is 20.7. The number of anilines is 2. The van der Waals surface area contributed by atoms with Crippen molar-refractivity contribution in [3.8, 4) is 11.8 Å². The number of carbonyl (C=O) groups is 2. The number of hydrogen-bond acceptors (Lipinski definition) is 6. The summed E-state index contributed by atoms with van der Waals surface area (Å²) in [6.07, 6.45) is 0. The summed E-state index contributed by atoms with van der Waals surface area (Å²) in [5, 5.41) is 20.2. The Morgan fingerprint density at radius 3 is 2.50 bits per heavy atom. The van der Waals surface area contributed by atoms with Crippen molar-refractivity contribution >= 4 is 46.6 Å². The van der Waals surface area contributed by atoms with Crippen LogP contribution in [0, 0.1) is 11.3 Å². The summed E-state index contributed by atoms with van der Waals surface area (Å²) >= 11 is 7.21. The molecule has 1 aliphatic rings. The molecule has 1 atom stereocenters. The second-order valence-corrected chi connectivity index (χ2v) is 9.79. The maximum Gasteiger partial charge on any atom is 0.254 e. The second kappa shape index (κ2) is 12.4. The zero-order chi connectivity index (χ0) is 27.1. The van der Waals surface area contributed by atoms with Crippen molar-refractivity contribution in [2.45, 2.75) is 12.8 Å². The Hall–Kier alpha value is -4.19. The van der Waals surface area contributed by atoms with Crippen LogP contribution in [0.5, 0.6) is 5.75 Å². The van der Waals surface area contributed by atoms with Crippen molar-refractivity contribution < 1.29 is 14.3 Å². The van der Waals surface area contributed by atoms with Crippen LogP contribution >= 0.6 is 23.4 Å². The number of thioether (sulfide) groups is 1. The summed E-state index contributed by atoms with van der Waals surface area (Å²) in [7, 11) is 1.53. The van der Waals surface area contributed by atoms with Gasteiger partial charge in [0.2, 0.25) is 5.91 Å². The third-order valence-electron chi connectivity index (χ3n) is 5.84. The minimum Gasteiger partial charge on any atom is -0.495 e. The molecule has 3 N–H and O–H groups in total. The lowest BCUT2D eigenvalue weighted by Crippen LogP contribution is -2.31. The molecule has 1 aliphatic heterocycles. The number of methoxy groups -OCH3 is 1. The van der Waals surface area contributed by atoms with Gasteiger partial charge >= 0.3 is 0 Å². The topological polar surface area (TPSA) is 103 Å². The molecule has 0 aliphatic carbocycles. The number of hydrogen-bond donors (Lipinski definition) is 3. The van der Waals surface area contributed by atoms with Crippen molar-refractivity contribution in [3.05, 3.63) is 111 Å². The van der Waals surface area contributed by atoms with Crippen LogP contribution < -0.4 is 20.7 Å². The Labute approximate surface area is 230 Å². The third-order valence-corrected chi connectivity index (χ3v) is 7.09. The largest absolute Gasteiger partial charge is 0.495 e. The van der Waals surface area contributed by atoms with Gasteiger partial charge in [-0.15, -0.1) is 0 Å². The first-order valence-electron chi connectivity index (χ1n) is 11.7. The van der Waals surface area contributed by atoms with E-state index in [1.165, 1.54) is 18.9 Å². The summed E-state index contributed by atoms with van der Waals surface area (Å²) in [5.74, 6) is -0.657.